The van der Waals surface area contributed by atoms with Crippen LogP contribution in [0.4, 0.5) is 5.69 Å². The highest BCUT2D eigenvalue weighted by molar-refractivity contribution is 7.85. The summed E-state index contributed by atoms with van der Waals surface area (Å²) in [6, 6.07) is 5.73. The molecule has 0 spiro atoms. The Bertz CT molecular complexity index is 428. The molecular formula is C14H21NO2S. The highest BCUT2D eigenvalue weighted by Gasteiger charge is 2.16. The van der Waals surface area contributed by atoms with Gasteiger partial charge in [0.05, 0.1) is 27.5 Å². The predicted octanol–water partition coefficient (Wildman–Crippen LogP) is 2.64. The van der Waals surface area contributed by atoms with E-state index in [1.54, 1.807) is 0 Å². The average molecular weight is 267 g/mol. The van der Waals surface area contributed by atoms with Gasteiger partial charge in [0.2, 0.25) is 0 Å². The number of rotatable bonds is 5. The van der Waals surface area contributed by atoms with Gasteiger partial charge in [-0.1, -0.05) is 12.1 Å². The van der Waals surface area contributed by atoms with Crippen molar-refractivity contribution < 1.29 is 8.95 Å². The quantitative estimate of drug-likeness (QED) is 0.834. The summed E-state index contributed by atoms with van der Waals surface area (Å²) >= 11 is 0. The molecule has 2 atom stereocenters. The van der Waals surface area contributed by atoms with Gasteiger partial charge in [-0.3, -0.25) is 4.21 Å². The Kier molecular flexibility index (Phi) is 4.78. The number of para-hydroxylation sites is 1. The Balaban J connectivity index is 1.85. The van der Waals surface area contributed by atoms with Crippen LogP contribution in [-0.2, 0) is 15.5 Å². The maximum absolute atomic E-state index is 12.2. The van der Waals surface area contributed by atoms with Crippen LogP contribution in [0.5, 0.6) is 0 Å². The highest BCUT2D eigenvalue weighted by atomic mass is 32.2. The standard InChI is InChI=1S/C14H21NO2S/c1-11-5-2-8-13(14(11)15)18(16)10-4-7-12-6-3-9-17-12/h2,5,8,12H,3-4,6-7,9-10,15H2,1H3. The monoisotopic (exact) mass is 267 g/mol. The number of hydrogen-bond donors (Lipinski definition) is 1. The Labute approximate surface area is 111 Å². The molecule has 1 saturated heterocycles. The second kappa shape index (κ2) is 6.34. The molecule has 0 radical (unpaired) electrons. The summed E-state index contributed by atoms with van der Waals surface area (Å²) in [5, 5.41) is 0. The molecular weight excluding hydrogens is 246 g/mol. The number of nitrogen functional groups attached to an aromatic ring is 1. The molecule has 0 bridgehead atoms. The lowest BCUT2D eigenvalue weighted by Crippen LogP contribution is -2.08. The summed E-state index contributed by atoms with van der Waals surface area (Å²) in [4.78, 5) is 0.780. The zero-order chi connectivity index (χ0) is 13.0. The molecule has 0 aromatic heterocycles. The molecule has 1 aromatic rings. The van der Waals surface area contributed by atoms with Crippen LogP contribution < -0.4 is 5.73 Å². The minimum absolute atomic E-state index is 0.386. The molecule has 0 saturated carbocycles. The van der Waals surface area contributed by atoms with Crippen LogP contribution in [0.3, 0.4) is 0 Å². The van der Waals surface area contributed by atoms with Gasteiger partial charge in [-0.15, -0.1) is 0 Å². The normalized spacial score (nSPS) is 21.1. The zero-order valence-corrected chi connectivity index (χ0v) is 11.7. The Hall–Kier alpha value is -0.870. The van der Waals surface area contributed by atoms with Crippen molar-refractivity contribution in [2.45, 2.75) is 43.6 Å². The van der Waals surface area contributed by atoms with Gasteiger partial charge in [-0.05, 0) is 44.2 Å². The Morgan fingerprint density at radius 2 is 2.33 bits per heavy atom. The maximum Gasteiger partial charge on any atom is 0.0620 e. The molecule has 2 N–H and O–H groups in total. The maximum atomic E-state index is 12.2. The summed E-state index contributed by atoms with van der Waals surface area (Å²) in [5.74, 6) is 0.674. The topological polar surface area (TPSA) is 52.3 Å². The molecule has 1 heterocycles. The van der Waals surface area contributed by atoms with Crippen molar-refractivity contribution in [2.24, 2.45) is 0 Å². The van der Waals surface area contributed by atoms with Gasteiger partial charge in [-0.25, -0.2) is 0 Å². The first kappa shape index (κ1) is 13.6. The third kappa shape index (κ3) is 3.33. The lowest BCUT2D eigenvalue weighted by molar-refractivity contribution is 0.104. The lowest BCUT2D eigenvalue weighted by atomic mass is 10.1. The van der Waals surface area contributed by atoms with Crippen molar-refractivity contribution >= 4 is 16.5 Å². The van der Waals surface area contributed by atoms with E-state index in [2.05, 4.69) is 0 Å². The predicted molar refractivity (Wildman–Crippen MR) is 75.1 cm³/mol. The molecule has 2 rings (SSSR count). The fraction of sp³-hybridized carbons (Fsp3) is 0.571. The van der Waals surface area contributed by atoms with E-state index in [1.165, 1.54) is 6.42 Å². The van der Waals surface area contributed by atoms with Gasteiger partial charge in [0.1, 0.15) is 0 Å². The first-order valence-electron chi connectivity index (χ1n) is 6.53. The fourth-order valence-electron chi connectivity index (χ4n) is 2.28. The molecule has 1 aliphatic heterocycles. The third-order valence-corrected chi connectivity index (χ3v) is 4.92. The summed E-state index contributed by atoms with van der Waals surface area (Å²) < 4.78 is 17.7. The summed E-state index contributed by atoms with van der Waals surface area (Å²) in [6.07, 6.45) is 4.65. The first-order chi connectivity index (χ1) is 8.68. The van der Waals surface area contributed by atoms with Crippen LogP contribution >= 0.6 is 0 Å². The van der Waals surface area contributed by atoms with E-state index in [-0.39, 0.29) is 0 Å². The van der Waals surface area contributed by atoms with E-state index < -0.39 is 10.8 Å². The number of nitrogens with two attached hydrogens (primary N) is 1. The minimum atomic E-state index is -0.986. The van der Waals surface area contributed by atoms with Crippen molar-refractivity contribution in [3.05, 3.63) is 23.8 Å². The van der Waals surface area contributed by atoms with Gasteiger partial charge in [-0.2, -0.15) is 0 Å². The van der Waals surface area contributed by atoms with Crippen molar-refractivity contribution in [1.29, 1.82) is 0 Å². The molecule has 0 aliphatic carbocycles. The van der Waals surface area contributed by atoms with Gasteiger partial charge < -0.3 is 10.5 Å². The molecule has 4 heteroatoms. The number of hydrogen-bond acceptors (Lipinski definition) is 3. The van der Waals surface area contributed by atoms with Crippen LogP contribution in [0.2, 0.25) is 0 Å². The smallest absolute Gasteiger partial charge is 0.0620 e. The van der Waals surface area contributed by atoms with Crippen molar-refractivity contribution in [3.8, 4) is 0 Å². The Morgan fingerprint density at radius 1 is 1.50 bits per heavy atom. The van der Waals surface area contributed by atoms with Crippen molar-refractivity contribution in [1.82, 2.24) is 0 Å². The van der Waals surface area contributed by atoms with E-state index in [1.807, 2.05) is 25.1 Å². The van der Waals surface area contributed by atoms with Crippen LogP contribution in [0.15, 0.2) is 23.1 Å². The van der Waals surface area contributed by atoms with E-state index in [0.717, 1.165) is 36.3 Å². The Morgan fingerprint density at radius 3 is 3.06 bits per heavy atom. The van der Waals surface area contributed by atoms with Gasteiger partial charge in [0, 0.05) is 12.4 Å². The highest BCUT2D eigenvalue weighted by Crippen LogP contribution is 2.22. The molecule has 0 amide bonds. The van der Waals surface area contributed by atoms with Crippen LogP contribution in [0, 0.1) is 6.92 Å². The van der Waals surface area contributed by atoms with E-state index in [0.29, 0.717) is 17.5 Å². The largest absolute Gasteiger partial charge is 0.398 e. The summed E-state index contributed by atoms with van der Waals surface area (Å²) in [7, 11) is -0.986. The molecule has 2 unspecified atom stereocenters. The van der Waals surface area contributed by atoms with Crippen molar-refractivity contribution in [2.75, 3.05) is 18.1 Å². The van der Waals surface area contributed by atoms with Crippen molar-refractivity contribution in [3.63, 3.8) is 0 Å². The molecule has 1 aliphatic rings. The minimum Gasteiger partial charge on any atom is -0.398 e. The molecule has 100 valence electrons. The number of ether oxygens (including phenoxy) is 1. The number of aryl methyl sites for hydroxylation is 1. The zero-order valence-electron chi connectivity index (χ0n) is 10.9. The molecule has 1 fully saturated rings. The molecule has 18 heavy (non-hydrogen) atoms. The SMILES string of the molecule is Cc1cccc(S(=O)CCCC2CCCO2)c1N. The summed E-state index contributed by atoms with van der Waals surface area (Å²) in [6.45, 7) is 2.83. The van der Waals surface area contributed by atoms with E-state index in [9.17, 15) is 4.21 Å². The first-order valence-corrected chi connectivity index (χ1v) is 7.85. The third-order valence-electron chi connectivity index (χ3n) is 3.41. The van der Waals surface area contributed by atoms with Crippen LogP contribution in [-0.4, -0.2) is 22.7 Å². The molecule has 1 aromatic carbocycles. The summed E-state index contributed by atoms with van der Waals surface area (Å²) in [5.41, 5.74) is 7.63. The lowest BCUT2D eigenvalue weighted by Gasteiger charge is -2.10. The van der Waals surface area contributed by atoms with Gasteiger partial charge in [0.15, 0.2) is 0 Å². The van der Waals surface area contributed by atoms with E-state index >= 15 is 0 Å². The molecule has 3 nitrogen and oxygen atoms in total. The second-order valence-electron chi connectivity index (χ2n) is 4.81. The second-order valence-corrected chi connectivity index (χ2v) is 6.35. The number of benzene rings is 1. The fourth-order valence-corrected chi connectivity index (χ4v) is 3.56. The average Bonchev–Trinajstić information content (AvgIpc) is 2.85. The van der Waals surface area contributed by atoms with Gasteiger partial charge in [0.25, 0.3) is 0 Å². The van der Waals surface area contributed by atoms with Crippen LogP contribution in [0.25, 0.3) is 0 Å². The number of anilines is 1. The van der Waals surface area contributed by atoms with Gasteiger partial charge >= 0.3 is 0 Å². The van der Waals surface area contributed by atoms with Crippen LogP contribution in [0.1, 0.15) is 31.2 Å². The van der Waals surface area contributed by atoms with E-state index in [4.69, 9.17) is 10.5 Å².